The van der Waals surface area contributed by atoms with Crippen molar-refractivity contribution in [1.29, 1.82) is 0 Å². The molecule has 2 N–H and O–H groups in total. The quantitative estimate of drug-likeness (QED) is 0.819. The highest BCUT2D eigenvalue weighted by Gasteiger charge is 2.27. The Kier molecular flexibility index (Phi) is 4.43. The third-order valence-corrected chi connectivity index (χ3v) is 4.57. The lowest BCUT2D eigenvalue weighted by atomic mass is 9.90. The fourth-order valence-electron chi connectivity index (χ4n) is 3.27. The van der Waals surface area contributed by atoms with E-state index in [0.29, 0.717) is 17.7 Å². The van der Waals surface area contributed by atoms with Crippen molar-refractivity contribution < 1.29 is 4.79 Å². The highest BCUT2D eigenvalue weighted by molar-refractivity contribution is 5.76. The maximum Gasteiger partial charge on any atom is 0.222 e. The van der Waals surface area contributed by atoms with E-state index in [1.807, 2.05) is 0 Å². The van der Waals surface area contributed by atoms with Gasteiger partial charge in [-0.15, -0.1) is 0 Å². The Labute approximate surface area is 105 Å². The number of piperidine rings is 1. The van der Waals surface area contributed by atoms with E-state index in [1.165, 1.54) is 25.7 Å². The van der Waals surface area contributed by atoms with E-state index in [1.54, 1.807) is 0 Å². The van der Waals surface area contributed by atoms with E-state index >= 15 is 0 Å². The van der Waals surface area contributed by atoms with Crippen LogP contribution in [0.1, 0.15) is 51.9 Å². The first-order chi connectivity index (χ1) is 8.16. The van der Waals surface area contributed by atoms with Crippen LogP contribution in [0.5, 0.6) is 0 Å². The minimum atomic E-state index is 0.280. The van der Waals surface area contributed by atoms with Gasteiger partial charge in [0.1, 0.15) is 0 Å². The summed E-state index contributed by atoms with van der Waals surface area (Å²) in [5.41, 5.74) is 5.92. The fraction of sp³-hybridized carbons (Fsp3) is 0.929. The molecule has 0 radical (unpaired) electrons. The molecule has 1 saturated heterocycles. The van der Waals surface area contributed by atoms with Gasteiger partial charge in [-0.25, -0.2) is 0 Å². The third-order valence-electron chi connectivity index (χ3n) is 4.57. The van der Waals surface area contributed by atoms with Crippen molar-refractivity contribution in [1.82, 2.24) is 4.90 Å². The lowest BCUT2D eigenvalue weighted by molar-refractivity contribution is -0.133. The molecular formula is C14H26N2O. The van der Waals surface area contributed by atoms with Crippen LogP contribution in [0, 0.1) is 11.8 Å². The molecule has 1 saturated carbocycles. The third kappa shape index (κ3) is 3.44. The van der Waals surface area contributed by atoms with Crippen molar-refractivity contribution in [2.24, 2.45) is 17.6 Å². The van der Waals surface area contributed by atoms with E-state index in [2.05, 4.69) is 11.8 Å². The van der Waals surface area contributed by atoms with Crippen molar-refractivity contribution in [2.75, 3.05) is 13.1 Å². The van der Waals surface area contributed by atoms with Gasteiger partial charge in [0.05, 0.1) is 0 Å². The molecule has 17 heavy (non-hydrogen) atoms. The molecule has 2 fully saturated rings. The fourth-order valence-corrected chi connectivity index (χ4v) is 3.27. The minimum absolute atomic E-state index is 0.280. The minimum Gasteiger partial charge on any atom is -0.343 e. The zero-order chi connectivity index (χ0) is 12.3. The summed E-state index contributed by atoms with van der Waals surface area (Å²) in [6, 6.07) is 0.280. The molecular weight excluding hydrogens is 212 g/mol. The first-order valence-corrected chi connectivity index (χ1v) is 7.20. The van der Waals surface area contributed by atoms with Gasteiger partial charge in [0.2, 0.25) is 5.91 Å². The molecule has 0 aromatic heterocycles. The summed E-state index contributed by atoms with van der Waals surface area (Å²) in [6.07, 6.45) is 8.16. The summed E-state index contributed by atoms with van der Waals surface area (Å²) >= 11 is 0. The molecule has 2 aliphatic rings. The molecule has 0 aromatic carbocycles. The number of hydrogen-bond donors (Lipinski definition) is 1. The van der Waals surface area contributed by atoms with Crippen LogP contribution in [-0.4, -0.2) is 29.9 Å². The molecule has 1 amide bonds. The summed E-state index contributed by atoms with van der Waals surface area (Å²) in [5.74, 6) is 1.68. The molecule has 1 atom stereocenters. The molecule has 0 bridgehead atoms. The lowest BCUT2D eigenvalue weighted by Gasteiger charge is -2.34. The smallest absolute Gasteiger partial charge is 0.222 e. The average molecular weight is 238 g/mol. The number of hydrogen-bond acceptors (Lipinski definition) is 2. The average Bonchev–Trinajstić information content (AvgIpc) is 2.82. The van der Waals surface area contributed by atoms with Crippen LogP contribution < -0.4 is 5.73 Å². The number of nitrogens with two attached hydrogens (primary N) is 1. The standard InChI is InChI=1S/C14H26N2O/c1-11(15)13-6-8-16(9-7-13)14(17)10-12-4-2-3-5-12/h11-13H,2-10,15H2,1H3. The largest absolute Gasteiger partial charge is 0.343 e. The predicted molar refractivity (Wildman–Crippen MR) is 69.5 cm³/mol. The Hall–Kier alpha value is -0.570. The summed E-state index contributed by atoms with van der Waals surface area (Å²) in [7, 11) is 0. The second-order valence-corrected chi connectivity index (χ2v) is 5.93. The lowest BCUT2D eigenvalue weighted by Crippen LogP contribution is -2.42. The normalized spacial score (nSPS) is 25.2. The van der Waals surface area contributed by atoms with Crippen LogP contribution in [0.4, 0.5) is 0 Å². The Balaban J connectivity index is 1.74. The molecule has 3 nitrogen and oxygen atoms in total. The topological polar surface area (TPSA) is 46.3 Å². The molecule has 1 unspecified atom stereocenters. The van der Waals surface area contributed by atoms with Gasteiger partial charge in [0.15, 0.2) is 0 Å². The summed E-state index contributed by atoms with van der Waals surface area (Å²) in [6.45, 7) is 3.94. The van der Waals surface area contributed by atoms with Crippen molar-refractivity contribution in [3.63, 3.8) is 0 Å². The summed E-state index contributed by atoms with van der Waals surface area (Å²) in [4.78, 5) is 14.2. The van der Waals surface area contributed by atoms with Crippen LogP contribution in [-0.2, 0) is 4.79 Å². The van der Waals surface area contributed by atoms with Crippen LogP contribution in [0.15, 0.2) is 0 Å². The molecule has 2 rings (SSSR count). The van der Waals surface area contributed by atoms with E-state index in [-0.39, 0.29) is 6.04 Å². The van der Waals surface area contributed by atoms with Crippen LogP contribution in [0.25, 0.3) is 0 Å². The molecule has 0 spiro atoms. The van der Waals surface area contributed by atoms with Crippen LogP contribution in [0.3, 0.4) is 0 Å². The monoisotopic (exact) mass is 238 g/mol. The van der Waals surface area contributed by atoms with Gasteiger partial charge >= 0.3 is 0 Å². The molecule has 98 valence electrons. The van der Waals surface area contributed by atoms with Crippen molar-refractivity contribution in [3.8, 4) is 0 Å². The van der Waals surface area contributed by atoms with Gasteiger partial charge in [-0.2, -0.15) is 0 Å². The number of nitrogens with zero attached hydrogens (tertiary/aromatic N) is 1. The van der Waals surface area contributed by atoms with Crippen molar-refractivity contribution >= 4 is 5.91 Å². The zero-order valence-corrected chi connectivity index (χ0v) is 11.0. The summed E-state index contributed by atoms with van der Waals surface area (Å²) in [5, 5.41) is 0. The second kappa shape index (κ2) is 5.85. The molecule has 1 aliphatic heterocycles. The zero-order valence-electron chi connectivity index (χ0n) is 11.0. The SMILES string of the molecule is CC(N)C1CCN(C(=O)CC2CCCC2)CC1. The maximum absolute atomic E-state index is 12.1. The molecule has 0 aromatic rings. The van der Waals surface area contributed by atoms with Gasteiger partial charge in [-0.3, -0.25) is 4.79 Å². The summed E-state index contributed by atoms with van der Waals surface area (Å²) < 4.78 is 0. The number of carbonyl (C=O) groups excluding carboxylic acids is 1. The maximum atomic E-state index is 12.1. The molecule has 1 heterocycles. The Morgan fingerprint density at radius 1 is 1.24 bits per heavy atom. The van der Waals surface area contributed by atoms with Gasteiger partial charge in [-0.05, 0) is 44.4 Å². The Bertz CT molecular complexity index is 251. The highest BCUT2D eigenvalue weighted by atomic mass is 16.2. The number of amides is 1. The predicted octanol–water partition coefficient (Wildman–Crippen LogP) is 2.15. The number of rotatable bonds is 3. The second-order valence-electron chi connectivity index (χ2n) is 5.93. The van der Waals surface area contributed by atoms with E-state index in [4.69, 9.17) is 5.73 Å². The van der Waals surface area contributed by atoms with Gasteiger partial charge in [0.25, 0.3) is 0 Å². The van der Waals surface area contributed by atoms with Crippen LogP contribution >= 0.6 is 0 Å². The molecule has 1 aliphatic carbocycles. The Morgan fingerprint density at radius 3 is 2.35 bits per heavy atom. The van der Waals surface area contributed by atoms with Crippen LogP contribution in [0.2, 0.25) is 0 Å². The van der Waals surface area contributed by atoms with E-state index in [9.17, 15) is 4.79 Å². The van der Waals surface area contributed by atoms with E-state index in [0.717, 1.165) is 32.4 Å². The van der Waals surface area contributed by atoms with Gasteiger partial charge in [-0.1, -0.05) is 12.8 Å². The number of carbonyl (C=O) groups is 1. The molecule has 3 heteroatoms. The first-order valence-electron chi connectivity index (χ1n) is 7.20. The van der Waals surface area contributed by atoms with Crippen molar-refractivity contribution in [3.05, 3.63) is 0 Å². The van der Waals surface area contributed by atoms with E-state index < -0.39 is 0 Å². The Morgan fingerprint density at radius 2 is 1.82 bits per heavy atom. The highest BCUT2D eigenvalue weighted by Crippen LogP contribution is 2.29. The van der Waals surface area contributed by atoms with Gasteiger partial charge in [0, 0.05) is 25.6 Å². The van der Waals surface area contributed by atoms with Crippen molar-refractivity contribution in [2.45, 2.75) is 57.9 Å². The number of likely N-dealkylation sites (tertiary alicyclic amines) is 1. The van der Waals surface area contributed by atoms with Gasteiger partial charge < -0.3 is 10.6 Å². The first kappa shape index (κ1) is 12.9.